The van der Waals surface area contributed by atoms with Crippen LogP contribution < -0.4 is 0 Å². The van der Waals surface area contributed by atoms with Gasteiger partial charge in [0, 0.05) is 17.4 Å². The topological polar surface area (TPSA) is 51.2 Å². The highest BCUT2D eigenvalue weighted by molar-refractivity contribution is 7.94. The zero-order chi connectivity index (χ0) is 15.0. The van der Waals surface area contributed by atoms with Crippen molar-refractivity contribution in [3.8, 4) is 0 Å². The predicted octanol–water partition coefficient (Wildman–Crippen LogP) is 3.18. The van der Waals surface area contributed by atoms with Gasteiger partial charge in [-0.3, -0.25) is 4.79 Å². The van der Waals surface area contributed by atoms with E-state index in [1.54, 1.807) is 36.4 Å². The van der Waals surface area contributed by atoms with Gasteiger partial charge in [-0.05, 0) is 30.2 Å². The molecule has 1 aliphatic heterocycles. The summed E-state index contributed by atoms with van der Waals surface area (Å²) in [5.41, 5.74) is 3.14. The highest BCUT2D eigenvalue weighted by Crippen LogP contribution is 2.27. The summed E-state index contributed by atoms with van der Waals surface area (Å²) in [6.07, 6.45) is 1.78. The van der Waals surface area contributed by atoms with Gasteiger partial charge in [-0.15, -0.1) is 0 Å². The molecule has 0 saturated heterocycles. The molecule has 0 radical (unpaired) electrons. The molecule has 21 heavy (non-hydrogen) atoms. The number of fused-ring (bicyclic) bond motifs is 1. The van der Waals surface area contributed by atoms with Crippen molar-refractivity contribution in [2.24, 2.45) is 0 Å². The number of hydrogen-bond acceptors (Lipinski definition) is 3. The van der Waals surface area contributed by atoms with Gasteiger partial charge in [-0.25, -0.2) is 8.42 Å². The molecule has 2 aromatic rings. The lowest BCUT2D eigenvalue weighted by atomic mass is 10.0. The smallest absolute Gasteiger partial charge is 0.200 e. The van der Waals surface area contributed by atoms with Gasteiger partial charge in [0.1, 0.15) is 0 Å². The molecule has 0 saturated carbocycles. The van der Waals surface area contributed by atoms with Gasteiger partial charge in [-0.2, -0.15) is 0 Å². The average Bonchev–Trinajstić information content (AvgIpc) is 2.75. The maximum absolute atomic E-state index is 12.2. The second kappa shape index (κ2) is 4.97. The number of sulfone groups is 1. The van der Waals surface area contributed by atoms with E-state index in [0.717, 1.165) is 5.56 Å². The normalized spacial score (nSPS) is 14.9. The largest absolute Gasteiger partial charge is 0.294 e. The Bertz CT molecular complexity index is 844. The third kappa shape index (κ3) is 2.67. The summed E-state index contributed by atoms with van der Waals surface area (Å²) in [6, 6.07) is 12.5. The highest BCUT2D eigenvalue weighted by atomic mass is 32.2. The van der Waals surface area contributed by atoms with Crippen LogP contribution in [-0.2, 0) is 16.3 Å². The fourth-order valence-electron chi connectivity index (χ4n) is 2.34. The predicted molar refractivity (Wildman–Crippen MR) is 81.9 cm³/mol. The van der Waals surface area contributed by atoms with E-state index >= 15 is 0 Å². The molecule has 1 aliphatic rings. The van der Waals surface area contributed by atoms with Crippen molar-refractivity contribution < 1.29 is 13.2 Å². The van der Waals surface area contributed by atoms with E-state index in [1.807, 2.05) is 19.1 Å². The van der Waals surface area contributed by atoms with E-state index in [1.165, 1.54) is 5.41 Å². The van der Waals surface area contributed by atoms with Crippen LogP contribution in [0.25, 0.3) is 6.08 Å². The molecule has 3 nitrogen and oxygen atoms in total. The van der Waals surface area contributed by atoms with E-state index < -0.39 is 9.84 Å². The summed E-state index contributed by atoms with van der Waals surface area (Å²) in [5, 5.41) is 1.20. The number of carbonyl (C=O) groups is 1. The van der Waals surface area contributed by atoms with Crippen molar-refractivity contribution in [1.29, 1.82) is 0 Å². The van der Waals surface area contributed by atoms with Gasteiger partial charge in [0.15, 0.2) is 15.6 Å². The van der Waals surface area contributed by atoms with Crippen molar-refractivity contribution in [2.45, 2.75) is 18.2 Å². The van der Waals surface area contributed by atoms with Crippen LogP contribution in [0.2, 0.25) is 0 Å². The fourth-order valence-corrected chi connectivity index (χ4v) is 3.59. The number of aryl methyl sites for hydroxylation is 1. The Morgan fingerprint density at radius 3 is 2.48 bits per heavy atom. The van der Waals surface area contributed by atoms with Gasteiger partial charge in [0.25, 0.3) is 0 Å². The molecule has 0 unspecified atom stereocenters. The zero-order valence-electron chi connectivity index (χ0n) is 11.5. The van der Waals surface area contributed by atoms with Gasteiger partial charge >= 0.3 is 0 Å². The lowest BCUT2D eigenvalue weighted by Gasteiger charge is -2.05. The summed E-state index contributed by atoms with van der Waals surface area (Å²) >= 11 is 0. The molecule has 4 heteroatoms. The molecule has 0 aromatic heterocycles. The van der Waals surface area contributed by atoms with Crippen molar-refractivity contribution >= 4 is 21.7 Å². The van der Waals surface area contributed by atoms with Crippen molar-refractivity contribution in [2.75, 3.05) is 0 Å². The molecule has 0 bridgehead atoms. The number of benzene rings is 2. The molecule has 0 atom stereocenters. The van der Waals surface area contributed by atoms with E-state index in [9.17, 15) is 13.2 Å². The molecule has 0 amide bonds. The summed E-state index contributed by atoms with van der Waals surface area (Å²) in [4.78, 5) is 12.5. The fraction of sp³-hybridized carbons (Fsp3) is 0.118. The monoisotopic (exact) mass is 298 g/mol. The van der Waals surface area contributed by atoms with Gasteiger partial charge < -0.3 is 0 Å². The average molecular weight is 298 g/mol. The van der Waals surface area contributed by atoms with Crippen molar-refractivity contribution in [3.63, 3.8) is 0 Å². The van der Waals surface area contributed by atoms with Crippen LogP contribution in [0.1, 0.15) is 27.0 Å². The first-order valence-electron chi connectivity index (χ1n) is 6.62. The van der Waals surface area contributed by atoms with Crippen LogP contribution >= 0.6 is 0 Å². The van der Waals surface area contributed by atoms with Crippen LogP contribution in [0.5, 0.6) is 0 Å². The lowest BCUT2D eigenvalue weighted by molar-refractivity contribution is 0.0993. The standard InChI is InChI=1S/C17H14O3S/c1-12-2-5-14(6-3-12)16(18)10-13-4-7-15-8-9-21(19,20)17(15)11-13/h2-9,11H,10H2,1H3. The molecular formula is C17H14O3S. The first kappa shape index (κ1) is 13.8. The number of hydrogen-bond donors (Lipinski definition) is 0. The first-order valence-corrected chi connectivity index (χ1v) is 8.16. The summed E-state index contributed by atoms with van der Waals surface area (Å²) < 4.78 is 23.7. The second-order valence-electron chi connectivity index (χ2n) is 5.19. The van der Waals surface area contributed by atoms with Crippen LogP contribution in [0.15, 0.2) is 52.8 Å². The molecule has 3 rings (SSSR count). The van der Waals surface area contributed by atoms with E-state index in [0.29, 0.717) is 16.7 Å². The van der Waals surface area contributed by atoms with Crippen molar-refractivity contribution in [3.05, 3.63) is 70.1 Å². The number of carbonyl (C=O) groups excluding carboxylic acids is 1. The Kier molecular flexibility index (Phi) is 3.26. The molecule has 0 N–H and O–H groups in total. The van der Waals surface area contributed by atoms with Crippen molar-refractivity contribution in [1.82, 2.24) is 0 Å². The third-order valence-corrected chi connectivity index (χ3v) is 5.01. The Morgan fingerprint density at radius 2 is 1.76 bits per heavy atom. The first-order chi connectivity index (χ1) is 9.95. The van der Waals surface area contributed by atoms with Gasteiger partial charge in [-0.1, -0.05) is 42.0 Å². The Balaban J connectivity index is 1.87. The van der Waals surface area contributed by atoms with E-state index in [-0.39, 0.29) is 17.1 Å². The molecule has 106 valence electrons. The third-order valence-electron chi connectivity index (χ3n) is 3.55. The molecule has 1 heterocycles. The Labute approximate surface area is 123 Å². The summed E-state index contributed by atoms with van der Waals surface area (Å²) in [7, 11) is -3.33. The van der Waals surface area contributed by atoms with Crippen LogP contribution in [0, 0.1) is 6.92 Å². The Morgan fingerprint density at radius 1 is 1.05 bits per heavy atom. The minimum atomic E-state index is -3.33. The number of rotatable bonds is 3. The minimum Gasteiger partial charge on any atom is -0.294 e. The van der Waals surface area contributed by atoms with Crippen LogP contribution in [-0.4, -0.2) is 14.2 Å². The van der Waals surface area contributed by atoms with E-state index in [4.69, 9.17) is 0 Å². The number of Topliss-reactive ketones (excluding diaryl/α,β-unsaturated/α-hetero) is 1. The van der Waals surface area contributed by atoms with Gasteiger partial charge in [0.05, 0.1) is 4.90 Å². The zero-order valence-corrected chi connectivity index (χ0v) is 12.4. The molecule has 2 aromatic carbocycles. The maximum atomic E-state index is 12.2. The summed E-state index contributed by atoms with van der Waals surface area (Å²) in [6.45, 7) is 1.96. The molecule has 0 aliphatic carbocycles. The van der Waals surface area contributed by atoms with Crippen LogP contribution in [0.3, 0.4) is 0 Å². The minimum absolute atomic E-state index is 0.0155. The molecule has 0 fully saturated rings. The highest BCUT2D eigenvalue weighted by Gasteiger charge is 2.21. The molecular weight excluding hydrogens is 284 g/mol. The summed E-state index contributed by atoms with van der Waals surface area (Å²) in [5.74, 6) is -0.0155. The second-order valence-corrected chi connectivity index (χ2v) is 6.99. The quantitative estimate of drug-likeness (QED) is 0.818. The SMILES string of the molecule is Cc1ccc(C(=O)Cc2ccc3c(c2)S(=O)(=O)C=C3)cc1. The van der Waals surface area contributed by atoms with E-state index in [2.05, 4.69) is 0 Å². The number of ketones is 1. The Hall–Kier alpha value is -2.20. The molecule has 0 spiro atoms. The van der Waals surface area contributed by atoms with Crippen LogP contribution in [0.4, 0.5) is 0 Å². The van der Waals surface area contributed by atoms with Gasteiger partial charge in [0.2, 0.25) is 0 Å². The lowest BCUT2D eigenvalue weighted by Crippen LogP contribution is -2.04. The maximum Gasteiger partial charge on any atom is 0.200 e.